The minimum Gasteiger partial charge on any atom is -0.467 e. The van der Waals surface area contributed by atoms with E-state index in [0.29, 0.717) is 40.0 Å². The molecule has 0 radical (unpaired) electrons. The summed E-state index contributed by atoms with van der Waals surface area (Å²) in [5, 5.41) is 2.85. The van der Waals surface area contributed by atoms with E-state index in [1.54, 1.807) is 54.5 Å². The van der Waals surface area contributed by atoms with Crippen molar-refractivity contribution in [2.24, 2.45) is 0 Å². The number of ether oxygens (including phenoxy) is 2. The third-order valence-electron chi connectivity index (χ3n) is 6.03. The van der Waals surface area contributed by atoms with Crippen LogP contribution in [0.25, 0.3) is 22.8 Å². The van der Waals surface area contributed by atoms with E-state index in [4.69, 9.17) is 9.47 Å². The lowest BCUT2D eigenvalue weighted by atomic mass is 9.92. The van der Waals surface area contributed by atoms with Crippen LogP contribution in [0.2, 0.25) is 0 Å². The molecule has 1 heterocycles. The molecule has 0 aliphatic heterocycles. The Kier molecular flexibility index (Phi) is 10.7. The number of carbonyl (C=O) groups excluding carboxylic acids is 3. The first-order valence-corrected chi connectivity index (χ1v) is 14.4. The van der Waals surface area contributed by atoms with Crippen LogP contribution < -0.4 is 5.32 Å². The number of nitrogens with one attached hydrogen (secondary N) is 1. The molecule has 1 aromatic heterocycles. The number of rotatable bonds is 10. The highest BCUT2D eigenvalue weighted by molar-refractivity contribution is 7.98. The number of esters is 2. The van der Waals surface area contributed by atoms with Crippen LogP contribution in [0.1, 0.15) is 54.2 Å². The fraction of sp³-hybridized carbons (Fsp3) is 0.312. The Labute approximate surface area is 240 Å². The van der Waals surface area contributed by atoms with Gasteiger partial charge >= 0.3 is 11.9 Å². The molecular formula is C32H36N2O5S. The summed E-state index contributed by atoms with van der Waals surface area (Å²) >= 11 is 1.59. The van der Waals surface area contributed by atoms with Gasteiger partial charge in [0, 0.05) is 23.5 Å². The first-order chi connectivity index (χ1) is 19.0. The molecule has 1 amide bonds. The van der Waals surface area contributed by atoms with Crippen LogP contribution in [0.4, 0.5) is 0 Å². The molecule has 0 unspecified atom stereocenters. The van der Waals surface area contributed by atoms with Crippen molar-refractivity contribution in [2.45, 2.75) is 45.8 Å². The molecule has 0 spiro atoms. The van der Waals surface area contributed by atoms with Gasteiger partial charge in [-0.3, -0.25) is 9.78 Å². The Bertz CT molecular complexity index is 1380. The zero-order valence-electron chi connectivity index (χ0n) is 23.8. The number of aromatic nitrogens is 1. The van der Waals surface area contributed by atoms with Crippen LogP contribution in [0.5, 0.6) is 0 Å². The van der Waals surface area contributed by atoms with Crippen molar-refractivity contribution >= 4 is 41.3 Å². The van der Waals surface area contributed by atoms with Gasteiger partial charge in [0.15, 0.2) is 0 Å². The Morgan fingerprint density at radius 2 is 1.80 bits per heavy atom. The van der Waals surface area contributed by atoms with Gasteiger partial charge in [-0.25, -0.2) is 9.59 Å². The molecule has 0 fully saturated rings. The largest absolute Gasteiger partial charge is 0.467 e. The third kappa shape index (κ3) is 8.29. The molecule has 0 saturated carbocycles. The predicted octanol–water partition coefficient (Wildman–Crippen LogP) is 5.96. The van der Waals surface area contributed by atoms with Crippen molar-refractivity contribution in [3.63, 3.8) is 0 Å². The highest BCUT2D eigenvalue weighted by Crippen LogP contribution is 2.30. The predicted molar refractivity (Wildman–Crippen MR) is 161 cm³/mol. The SMILES string of the molecule is COC(=O)[C@H](CCSC)NC(=O)c1ccc(/C=C(\C(=O)OC(C)(C)C)c2cccnc2)cc1-c1ccccc1C. The first-order valence-electron chi connectivity index (χ1n) is 13.0. The second-order valence-corrected chi connectivity index (χ2v) is 11.2. The molecule has 2 aromatic carbocycles. The minimum atomic E-state index is -0.765. The van der Waals surface area contributed by atoms with E-state index in [9.17, 15) is 14.4 Å². The van der Waals surface area contributed by atoms with Crippen LogP contribution in [-0.2, 0) is 19.1 Å². The van der Waals surface area contributed by atoms with Gasteiger partial charge in [-0.05, 0) is 92.7 Å². The molecule has 210 valence electrons. The number of thioether (sulfide) groups is 1. The smallest absolute Gasteiger partial charge is 0.339 e. The second kappa shape index (κ2) is 13.9. The maximum atomic E-state index is 13.5. The summed E-state index contributed by atoms with van der Waals surface area (Å²) in [6.45, 7) is 7.42. The molecule has 0 bridgehead atoms. The Morgan fingerprint density at radius 3 is 2.42 bits per heavy atom. The number of nitrogens with zero attached hydrogens (tertiary/aromatic N) is 1. The normalized spacial score (nSPS) is 12.4. The minimum absolute atomic E-state index is 0.346. The second-order valence-electron chi connectivity index (χ2n) is 10.3. The number of methoxy groups -OCH3 is 1. The number of hydrogen-bond acceptors (Lipinski definition) is 7. The number of amides is 1. The van der Waals surface area contributed by atoms with Gasteiger partial charge in [-0.15, -0.1) is 0 Å². The maximum absolute atomic E-state index is 13.5. The molecule has 0 aliphatic carbocycles. The van der Waals surface area contributed by atoms with Crippen molar-refractivity contribution in [3.05, 3.63) is 89.2 Å². The lowest BCUT2D eigenvalue weighted by Crippen LogP contribution is -2.42. The lowest BCUT2D eigenvalue weighted by molar-refractivity contribution is -0.147. The molecule has 40 heavy (non-hydrogen) atoms. The standard InChI is InChI=1S/C32H36N2O5S/c1-21-10-7-8-12-24(21)27-19-22(13-14-25(27)29(35)34-28(15-17-40-6)31(37)38-5)18-26(23-11-9-16-33-20-23)30(36)39-32(2,3)4/h7-14,16,18-20,28H,15,17H2,1-6H3,(H,34,35)/b26-18-/t28-/m0/s1. The highest BCUT2D eigenvalue weighted by Gasteiger charge is 2.25. The molecular weight excluding hydrogens is 524 g/mol. The number of carbonyl (C=O) groups is 3. The van der Waals surface area contributed by atoms with Crippen molar-refractivity contribution in [3.8, 4) is 11.1 Å². The molecule has 7 nitrogen and oxygen atoms in total. The maximum Gasteiger partial charge on any atom is 0.339 e. The number of pyridine rings is 1. The van der Waals surface area contributed by atoms with Gasteiger partial charge in [0.1, 0.15) is 11.6 Å². The first kappa shape index (κ1) is 30.6. The fourth-order valence-electron chi connectivity index (χ4n) is 4.09. The summed E-state index contributed by atoms with van der Waals surface area (Å²) in [5.74, 6) is -0.659. The van der Waals surface area contributed by atoms with Gasteiger partial charge < -0.3 is 14.8 Å². The molecule has 8 heteroatoms. The summed E-state index contributed by atoms with van der Waals surface area (Å²) in [5.41, 5.74) is 3.90. The van der Waals surface area contributed by atoms with E-state index in [1.807, 2.05) is 64.3 Å². The third-order valence-corrected chi connectivity index (χ3v) is 6.67. The van der Waals surface area contributed by atoms with E-state index in [1.165, 1.54) is 7.11 Å². The van der Waals surface area contributed by atoms with E-state index >= 15 is 0 Å². The fourth-order valence-corrected chi connectivity index (χ4v) is 4.56. The average molecular weight is 561 g/mol. The Balaban J connectivity index is 2.12. The zero-order chi connectivity index (χ0) is 29.3. The van der Waals surface area contributed by atoms with E-state index in [2.05, 4.69) is 10.3 Å². The van der Waals surface area contributed by atoms with Crippen molar-refractivity contribution in [2.75, 3.05) is 19.1 Å². The number of hydrogen-bond donors (Lipinski definition) is 1. The van der Waals surface area contributed by atoms with Crippen LogP contribution in [0.15, 0.2) is 67.0 Å². The van der Waals surface area contributed by atoms with Gasteiger partial charge in [-0.2, -0.15) is 11.8 Å². The molecule has 3 aromatic rings. The van der Waals surface area contributed by atoms with Crippen LogP contribution >= 0.6 is 11.8 Å². The van der Waals surface area contributed by atoms with Crippen molar-refractivity contribution in [1.29, 1.82) is 0 Å². The zero-order valence-corrected chi connectivity index (χ0v) is 24.6. The van der Waals surface area contributed by atoms with Crippen LogP contribution in [0.3, 0.4) is 0 Å². The Hall–Kier alpha value is -3.91. The summed E-state index contributed by atoms with van der Waals surface area (Å²) in [7, 11) is 1.31. The Morgan fingerprint density at radius 1 is 1.05 bits per heavy atom. The highest BCUT2D eigenvalue weighted by atomic mass is 32.2. The number of benzene rings is 2. The molecule has 3 rings (SSSR count). The summed E-state index contributed by atoms with van der Waals surface area (Å²) in [4.78, 5) is 43.3. The molecule has 0 aliphatic rings. The topological polar surface area (TPSA) is 94.6 Å². The van der Waals surface area contributed by atoms with E-state index < -0.39 is 23.6 Å². The van der Waals surface area contributed by atoms with Crippen LogP contribution in [0, 0.1) is 6.92 Å². The summed E-state index contributed by atoms with van der Waals surface area (Å²) in [6.07, 6.45) is 7.38. The van der Waals surface area contributed by atoms with Crippen molar-refractivity contribution < 1.29 is 23.9 Å². The van der Waals surface area contributed by atoms with Gasteiger partial charge in [-0.1, -0.05) is 36.4 Å². The van der Waals surface area contributed by atoms with E-state index in [0.717, 1.165) is 11.1 Å². The number of aryl methyl sites for hydroxylation is 1. The quantitative estimate of drug-likeness (QED) is 0.241. The van der Waals surface area contributed by atoms with E-state index in [-0.39, 0.29) is 5.91 Å². The summed E-state index contributed by atoms with van der Waals surface area (Å²) in [6, 6.07) is 15.9. The molecule has 1 atom stereocenters. The van der Waals surface area contributed by atoms with Crippen molar-refractivity contribution in [1.82, 2.24) is 10.3 Å². The molecule has 1 N–H and O–H groups in total. The van der Waals surface area contributed by atoms with Gasteiger partial charge in [0.25, 0.3) is 5.91 Å². The van der Waals surface area contributed by atoms with Gasteiger partial charge in [0.2, 0.25) is 0 Å². The van der Waals surface area contributed by atoms with Gasteiger partial charge in [0.05, 0.1) is 12.7 Å². The van der Waals surface area contributed by atoms with Crippen LogP contribution in [-0.4, -0.2) is 53.6 Å². The summed E-state index contributed by atoms with van der Waals surface area (Å²) < 4.78 is 10.6. The molecule has 0 saturated heterocycles. The monoisotopic (exact) mass is 560 g/mol. The lowest BCUT2D eigenvalue weighted by Gasteiger charge is -2.21. The average Bonchev–Trinajstić information content (AvgIpc) is 2.93.